The van der Waals surface area contributed by atoms with Crippen LogP contribution >= 0.6 is 0 Å². The zero-order valence-electron chi connectivity index (χ0n) is 18.0. The van der Waals surface area contributed by atoms with Crippen LogP contribution in [0, 0.1) is 0 Å². The third kappa shape index (κ3) is 4.87. The summed E-state index contributed by atoms with van der Waals surface area (Å²) in [6.07, 6.45) is 0.897. The highest BCUT2D eigenvalue weighted by Crippen LogP contribution is 2.23. The minimum atomic E-state index is -0.772. The maximum Gasteiger partial charge on any atom is 0.249 e. The van der Waals surface area contributed by atoms with E-state index in [0.29, 0.717) is 23.9 Å². The molecule has 5 rings (SSSR count). The quantitative estimate of drug-likeness (QED) is 0.648. The molecule has 2 amide bonds. The lowest BCUT2D eigenvalue weighted by Crippen LogP contribution is -2.51. The molecule has 0 aromatic heterocycles. The Morgan fingerprint density at radius 1 is 0.939 bits per heavy atom. The number of carbonyl (C=O) groups is 2. The number of guanidine groups is 1. The monoisotopic (exact) mass is 440 g/mol. The van der Waals surface area contributed by atoms with Gasteiger partial charge in [-0.25, -0.2) is 4.99 Å². The van der Waals surface area contributed by atoms with Crippen LogP contribution in [0.15, 0.2) is 83.9 Å². The number of hydrogen-bond acceptors (Lipinski definition) is 5. The molecular formula is C26H24N4O3. The first-order valence-electron chi connectivity index (χ1n) is 11.0. The van der Waals surface area contributed by atoms with Crippen LogP contribution in [0.2, 0.25) is 0 Å². The van der Waals surface area contributed by atoms with Gasteiger partial charge in [0.25, 0.3) is 0 Å². The number of anilines is 1. The summed E-state index contributed by atoms with van der Waals surface area (Å²) in [4.78, 5) is 31.8. The Balaban J connectivity index is 1.25. The fraction of sp³-hybridized carbons (Fsp3) is 0.192. The first-order chi connectivity index (χ1) is 16.1. The molecule has 2 aliphatic heterocycles. The van der Waals surface area contributed by atoms with E-state index in [1.807, 2.05) is 47.4 Å². The summed E-state index contributed by atoms with van der Waals surface area (Å²) in [5, 5.41) is 5.70. The second kappa shape index (κ2) is 9.16. The van der Waals surface area contributed by atoms with Crippen molar-refractivity contribution in [3.63, 3.8) is 0 Å². The summed E-state index contributed by atoms with van der Waals surface area (Å²) < 4.78 is 5.78. The van der Waals surface area contributed by atoms with E-state index in [0.717, 1.165) is 18.7 Å². The highest BCUT2D eigenvalue weighted by atomic mass is 16.5. The van der Waals surface area contributed by atoms with Crippen LogP contribution in [0.5, 0.6) is 11.5 Å². The van der Waals surface area contributed by atoms with Crippen molar-refractivity contribution in [1.29, 1.82) is 0 Å². The lowest BCUT2D eigenvalue weighted by atomic mass is 10.00. The minimum Gasteiger partial charge on any atom is -0.457 e. The van der Waals surface area contributed by atoms with Crippen molar-refractivity contribution >= 4 is 23.5 Å². The van der Waals surface area contributed by atoms with E-state index in [-0.39, 0.29) is 18.2 Å². The van der Waals surface area contributed by atoms with E-state index < -0.39 is 6.04 Å². The molecule has 33 heavy (non-hydrogen) atoms. The molecule has 2 N–H and O–H groups in total. The van der Waals surface area contributed by atoms with Crippen molar-refractivity contribution in [1.82, 2.24) is 10.2 Å². The topological polar surface area (TPSA) is 83.0 Å². The Labute approximate surface area is 192 Å². The molecule has 0 bridgehead atoms. The van der Waals surface area contributed by atoms with Gasteiger partial charge in [-0.1, -0.05) is 42.5 Å². The van der Waals surface area contributed by atoms with Crippen LogP contribution in [-0.2, 0) is 22.6 Å². The number of nitrogens with zero attached hydrogens (tertiary/aromatic N) is 2. The van der Waals surface area contributed by atoms with Crippen LogP contribution in [0.4, 0.5) is 5.69 Å². The number of benzene rings is 3. The molecule has 0 radical (unpaired) electrons. The zero-order valence-corrected chi connectivity index (χ0v) is 18.0. The van der Waals surface area contributed by atoms with Crippen molar-refractivity contribution in [2.45, 2.75) is 25.4 Å². The van der Waals surface area contributed by atoms with Gasteiger partial charge in [0.15, 0.2) is 0 Å². The highest BCUT2D eigenvalue weighted by molar-refractivity contribution is 6.06. The van der Waals surface area contributed by atoms with Crippen molar-refractivity contribution in [2.75, 3.05) is 11.9 Å². The second-order valence-electron chi connectivity index (χ2n) is 8.09. The van der Waals surface area contributed by atoms with E-state index in [1.54, 1.807) is 24.3 Å². The molecule has 166 valence electrons. The predicted molar refractivity (Wildman–Crippen MR) is 126 cm³/mol. The van der Waals surface area contributed by atoms with Crippen LogP contribution in [0.1, 0.15) is 17.5 Å². The fourth-order valence-corrected chi connectivity index (χ4v) is 4.02. The summed E-state index contributed by atoms with van der Waals surface area (Å²) in [5.41, 5.74) is 3.14. The van der Waals surface area contributed by atoms with Crippen LogP contribution < -0.4 is 15.4 Å². The smallest absolute Gasteiger partial charge is 0.249 e. The maximum absolute atomic E-state index is 12.9. The van der Waals surface area contributed by atoms with Crippen molar-refractivity contribution < 1.29 is 14.3 Å². The summed E-state index contributed by atoms with van der Waals surface area (Å²) in [6.45, 7) is 1.40. The average Bonchev–Trinajstić information content (AvgIpc) is 2.85. The van der Waals surface area contributed by atoms with Gasteiger partial charge < -0.3 is 15.0 Å². The van der Waals surface area contributed by atoms with Crippen molar-refractivity contribution in [2.24, 2.45) is 4.99 Å². The number of nitrogens with one attached hydrogen (secondary N) is 2. The Hall–Kier alpha value is -4.13. The zero-order chi connectivity index (χ0) is 22.6. The Morgan fingerprint density at radius 3 is 2.42 bits per heavy atom. The molecule has 2 aliphatic rings. The number of rotatable bonds is 4. The fourth-order valence-electron chi connectivity index (χ4n) is 4.02. The summed E-state index contributed by atoms with van der Waals surface area (Å²) in [6, 6.07) is 24.1. The molecule has 1 atom stereocenters. The summed E-state index contributed by atoms with van der Waals surface area (Å²) in [5.74, 6) is 1.36. The van der Waals surface area contributed by atoms with E-state index in [1.165, 1.54) is 11.1 Å². The molecular weight excluding hydrogens is 416 g/mol. The van der Waals surface area contributed by atoms with Crippen LogP contribution in [0.3, 0.4) is 0 Å². The normalized spacial score (nSPS) is 17.5. The minimum absolute atomic E-state index is 0.0228. The first kappa shape index (κ1) is 20.8. The SMILES string of the molecule is O=C1C[C@H](C(=O)Nc2ccc(Oc3ccccc3)cc2)N=C(N2CCc3ccccc3C2)N1. The second-order valence-corrected chi connectivity index (χ2v) is 8.09. The maximum atomic E-state index is 12.9. The van der Waals surface area contributed by atoms with E-state index in [9.17, 15) is 9.59 Å². The molecule has 3 aromatic rings. The molecule has 0 fully saturated rings. The third-order valence-electron chi connectivity index (χ3n) is 5.74. The molecule has 0 unspecified atom stereocenters. The number of amides is 2. The number of fused-ring (bicyclic) bond motifs is 1. The predicted octanol–water partition coefficient (Wildman–Crippen LogP) is 3.72. The molecule has 7 heteroatoms. The molecule has 3 aromatic carbocycles. The molecule has 7 nitrogen and oxygen atoms in total. The van der Waals surface area contributed by atoms with Gasteiger partial charge in [-0.15, -0.1) is 0 Å². The highest BCUT2D eigenvalue weighted by Gasteiger charge is 2.30. The number of hydrogen-bond donors (Lipinski definition) is 2. The molecule has 2 heterocycles. The largest absolute Gasteiger partial charge is 0.457 e. The first-order valence-corrected chi connectivity index (χ1v) is 11.0. The van der Waals surface area contributed by atoms with Gasteiger partial charge in [-0.2, -0.15) is 0 Å². The Bertz CT molecular complexity index is 1190. The molecule has 0 saturated heterocycles. The van der Waals surface area contributed by atoms with Gasteiger partial charge in [-0.05, 0) is 53.9 Å². The number of ether oxygens (including phenoxy) is 1. The van der Waals surface area contributed by atoms with Gasteiger partial charge in [0, 0.05) is 18.8 Å². The van der Waals surface area contributed by atoms with Gasteiger partial charge in [-0.3, -0.25) is 14.9 Å². The lowest BCUT2D eigenvalue weighted by molar-refractivity contribution is -0.125. The third-order valence-corrected chi connectivity index (χ3v) is 5.74. The Morgan fingerprint density at radius 2 is 1.64 bits per heavy atom. The lowest BCUT2D eigenvalue weighted by Gasteiger charge is -2.33. The van der Waals surface area contributed by atoms with Crippen molar-refractivity contribution in [3.05, 3.63) is 90.0 Å². The van der Waals surface area contributed by atoms with Gasteiger partial charge in [0.2, 0.25) is 17.8 Å². The van der Waals surface area contributed by atoms with Crippen LogP contribution in [-0.4, -0.2) is 35.3 Å². The molecule has 0 saturated carbocycles. The Kier molecular flexibility index (Phi) is 5.76. The number of aliphatic imine (C=N–C) groups is 1. The van der Waals surface area contributed by atoms with E-state index in [2.05, 4.69) is 27.8 Å². The van der Waals surface area contributed by atoms with E-state index >= 15 is 0 Å². The average molecular weight is 441 g/mol. The van der Waals surface area contributed by atoms with Gasteiger partial charge >= 0.3 is 0 Å². The number of carbonyl (C=O) groups excluding carboxylic acids is 2. The van der Waals surface area contributed by atoms with Gasteiger partial charge in [0.1, 0.15) is 17.5 Å². The standard InChI is InChI=1S/C26H24N4O3/c31-24-16-23(28-26(29-24)30-15-14-18-6-4-5-7-19(18)17-30)25(32)27-20-10-12-22(13-11-20)33-21-8-2-1-3-9-21/h1-13,23H,14-17H2,(H,27,32)(H,28,29,31)/t23-/m1/s1. The molecule has 0 spiro atoms. The summed E-state index contributed by atoms with van der Waals surface area (Å²) in [7, 11) is 0. The number of para-hydroxylation sites is 1. The van der Waals surface area contributed by atoms with Gasteiger partial charge in [0.05, 0.1) is 6.42 Å². The van der Waals surface area contributed by atoms with Crippen molar-refractivity contribution in [3.8, 4) is 11.5 Å². The van der Waals surface area contributed by atoms with E-state index in [4.69, 9.17) is 4.74 Å². The molecule has 0 aliphatic carbocycles. The summed E-state index contributed by atoms with van der Waals surface area (Å²) >= 11 is 0. The van der Waals surface area contributed by atoms with Crippen LogP contribution in [0.25, 0.3) is 0 Å².